The highest BCUT2D eigenvalue weighted by molar-refractivity contribution is 5.45. The van der Waals surface area contributed by atoms with Gasteiger partial charge in [0.05, 0.1) is 0 Å². The molecule has 1 N–H and O–H groups in total. The van der Waals surface area contributed by atoms with Crippen molar-refractivity contribution < 1.29 is 9.47 Å². The number of ether oxygens (including phenoxy) is 2. The summed E-state index contributed by atoms with van der Waals surface area (Å²) < 4.78 is 11.3. The van der Waals surface area contributed by atoms with Gasteiger partial charge < -0.3 is 14.8 Å². The van der Waals surface area contributed by atoms with Gasteiger partial charge in [-0.15, -0.1) is 0 Å². The summed E-state index contributed by atoms with van der Waals surface area (Å²) in [6.45, 7) is 9.47. The summed E-state index contributed by atoms with van der Waals surface area (Å²) in [5, 5.41) is 3.73. The maximum absolute atomic E-state index is 5.72. The maximum Gasteiger partial charge on any atom is 0.161 e. The molecule has 1 aromatic rings. The van der Waals surface area contributed by atoms with E-state index in [2.05, 4.69) is 44.3 Å². The van der Waals surface area contributed by atoms with Crippen molar-refractivity contribution in [3.05, 3.63) is 23.8 Å². The van der Waals surface area contributed by atoms with Gasteiger partial charge in [-0.25, -0.2) is 0 Å². The molecule has 0 radical (unpaired) electrons. The lowest BCUT2D eigenvalue weighted by Gasteiger charge is -2.27. The van der Waals surface area contributed by atoms with E-state index in [4.69, 9.17) is 9.47 Å². The Labute approximate surface area is 134 Å². The maximum atomic E-state index is 5.72. The summed E-state index contributed by atoms with van der Waals surface area (Å²) in [5.41, 5.74) is 1.82. The normalized spacial score (nSPS) is 24.5. The van der Waals surface area contributed by atoms with Crippen molar-refractivity contribution in [2.45, 2.75) is 58.4 Å². The third kappa shape index (κ3) is 3.57. The first-order valence-electron chi connectivity index (χ1n) is 8.70. The SMILES string of the molecule is CCCC(C)(C)CC1CC(c2ccc3c(c2)OCCO3)CN1. The number of hydrogen-bond donors (Lipinski definition) is 1. The lowest BCUT2D eigenvalue weighted by Crippen LogP contribution is -2.28. The van der Waals surface area contributed by atoms with E-state index in [1.807, 2.05) is 0 Å². The zero-order chi connectivity index (χ0) is 15.6. The second kappa shape index (κ2) is 6.49. The smallest absolute Gasteiger partial charge is 0.161 e. The quantitative estimate of drug-likeness (QED) is 0.887. The molecule has 2 aliphatic heterocycles. The summed E-state index contributed by atoms with van der Waals surface area (Å²) in [6.07, 6.45) is 5.07. The molecule has 2 unspecified atom stereocenters. The first kappa shape index (κ1) is 15.7. The van der Waals surface area contributed by atoms with Gasteiger partial charge in [-0.05, 0) is 48.3 Å². The predicted molar refractivity (Wildman–Crippen MR) is 89.9 cm³/mol. The van der Waals surface area contributed by atoms with E-state index >= 15 is 0 Å². The van der Waals surface area contributed by atoms with Crippen molar-refractivity contribution in [2.75, 3.05) is 19.8 Å². The summed E-state index contributed by atoms with van der Waals surface area (Å²) >= 11 is 0. The highest BCUT2D eigenvalue weighted by atomic mass is 16.6. The van der Waals surface area contributed by atoms with Crippen LogP contribution in [0.1, 0.15) is 57.9 Å². The lowest BCUT2D eigenvalue weighted by atomic mass is 9.80. The fourth-order valence-corrected chi connectivity index (χ4v) is 3.99. The summed E-state index contributed by atoms with van der Waals surface area (Å²) in [7, 11) is 0. The van der Waals surface area contributed by atoms with Crippen molar-refractivity contribution in [1.82, 2.24) is 5.32 Å². The highest BCUT2D eigenvalue weighted by Crippen LogP contribution is 2.38. The average molecular weight is 303 g/mol. The Morgan fingerprint density at radius 2 is 1.95 bits per heavy atom. The molecule has 2 aliphatic rings. The van der Waals surface area contributed by atoms with Crippen molar-refractivity contribution in [1.29, 1.82) is 0 Å². The van der Waals surface area contributed by atoms with Crippen molar-refractivity contribution >= 4 is 0 Å². The van der Waals surface area contributed by atoms with E-state index < -0.39 is 0 Å². The van der Waals surface area contributed by atoms with Gasteiger partial charge in [-0.1, -0.05) is 33.3 Å². The fourth-order valence-electron chi connectivity index (χ4n) is 3.99. The van der Waals surface area contributed by atoms with Crippen LogP contribution in [0.2, 0.25) is 0 Å². The van der Waals surface area contributed by atoms with Crippen LogP contribution in [0.5, 0.6) is 11.5 Å². The average Bonchev–Trinajstić information content (AvgIpc) is 2.94. The van der Waals surface area contributed by atoms with Crippen LogP contribution in [0.15, 0.2) is 18.2 Å². The first-order chi connectivity index (χ1) is 10.6. The molecule has 0 amide bonds. The third-order valence-corrected chi connectivity index (χ3v) is 4.99. The molecule has 2 heterocycles. The molecule has 3 rings (SSSR count). The van der Waals surface area contributed by atoms with Crippen molar-refractivity contribution in [3.8, 4) is 11.5 Å². The first-order valence-corrected chi connectivity index (χ1v) is 8.70. The third-order valence-electron chi connectivity index (χ3n) is 4.99. The highest BCUT2D eigenvalue weighted by Gasteiger charge is 2.30. The predicted octanol–water partition coefficient (Wildman–Crippen LogP) is 4.12. The molecule has 122 valence electrons. The Morgan fingerprint density at radius 3 is 2.73 bits per heavy atom. The Balaban J connectivity index is 1.63. The Morgan fingerprint density at radius 1 is 1.18 bits per heavy atom. The van der Waals surface area contributed by atoms with E-state index in [-0.39, 0.29) is 0 Å². The molecular weight excluding hydrogens is 274 g/mol. The minimum atomic E-state index is 0.439. The molecule has 0 spiro atoms. The second-order valence-corrected chi connectivity index (χ2v) is 7.56. The molecule has 0 saturated carbocycles. The molecule has 2 atom stereocenters. The van der Waals surface area contributed by atoms with Crippen LogP contribution in [-0.4, -0.2) is 25.8 Å². The summed E-state index contributed by atoms with van der Waals surface area (Å²) in [5.74, 6) is 2.40. The van der Waals surface area contributed by atoms with Crippen LogP contribution >= 0.6 is 0 Å². The summed E-state index contributed by atoms with van der Waals surface area (Å²) in [4.78, 5) is 0. The molecule has 0 aliphatic carbocycles. The van der Waals surface area contributed by atoms with E-state index in [0.29, 0.717) is 30.6 Å². The molecule has 1 fully saturated rings. The van der Waals surface area contributed by atoms with Gasteiger partial charge in [0.2, 0.25) is 0 Å². The van der Waals surface area contributed by atoms with Gasteiger partial charge in [0, 0.05) is 12.6 Å². The fraction of sp³-hybridized carbons (Fsp3) is 0.684. The van der Waals surface area contributed by atoms with E-state index in [9.17, 15) is 0 Å². The molecule has 1 aromatic carbocycles. The lowest BCUT2D eigenvalue weighted by molar-refractivity contribution is 0.171. The zero-order valence-corrected chi connectivity index (χ0v) is 14.2. The van der Waals surface area contributed by atoms with E-state index in [1.54, 1.807) is 0 Å². The topological polar surface area (TPSA) is 30.5 Å². The van der Waals surface area contributed by atoms with Crippen LogP contribution in [0.25, 0.3) is 0 Å². The number of nitrogens with one attached hydrogen (secondary N) is 1. The second-order valence-electron chi connectivity index (χ2n) is 7.56. The van der Waals surface area contributed by atoms with Crippen LogP contribution < -0.4 is 14.8 Å². The largest absolute Gasteiger partial charge is 0.486 e. The van der Waals surface area contributed by atoms with Gasteiger partial charge in [0.25, 0.3) is 0 Å². The number of hydrogen-bond acceptors (Lipinski definition) is 3. The molecule has 1 saturated heterocycles. The van der Waals surface area contributed by atoms with E-state index in [0.717, 1.165) is 18.0 Å². The van der Waals surface area contributed by atoms with Crippen LogP contribution in [-0.2, 0) is 0 Å². The van der Waals surface area contributed by atoms with Gasteiger partial charge >= 0.3 is 0 Å². The van der Waals surface area contributed by atoms with Crippen LogP contribution in [0.4, 0.5) is 0 Å². The van der Waals surface area contributed by atoms with E-state index in [1.165, 1.54) is 31.2 Å². The number of fused-ring (bicyclic) bond motifs is 1. The zero-order valence-electron chi connectivity index (χ0n) is 14.2. The van der Waals surface area contributed by atoms with Gasteiger partial charge in [-0.3, -0.25) is 0 Å². The van der Waals surface area contributed by atoms with Crippen molar-refractivity contribution in [3.63, 3.8) is 0 Å². The van der Waals surface area contributed by atoms with Gasteiger partial charge in [0.1, 0.15) is 13.2 Å². The molecular formula is C19H29NO2. The molecule has 22 heavy (non-hydrogen) atoms. The van der Waals surface area contributed by atoms with Gasteiger partial charge in [-0.2, -0.15) is 0 Å². The van der Waals surface area contributed by atoms with Crippen LogP contribution in [0.3, 0.4) is 0 Å². The molecule has 3 heteroatoms. The molecule has 0 aromatic heterocycles. The van der Waals surface area contributed by atoms with Gasteiger partial charge in [0.15, 0.2) is 11.5 Å². The standard InChI is InChI=1S/C19H29NO2/c1-4-7-19(2,3)12-16-10-15(13-20-16)14-5-6-17-18(11-14)22-9-8-21-17/h5-6,11,15-16,20H,4,7-10,12-13H2,1-3H3. The molecule has 0 bridgehead atoms. The number of rotatable bonds is 5. The molecule has 3 nitrogen and oxygen atoms in total. The number of benzene rings is 1. The Hall–Kier alpha value is -1.22. The monoisotopic (exact) mass is 303 g/mol. The van der Waals surface area contributed by atoms with Crippen molar-refractivity contribution in [2.24, 2.45) is 5.41 Å². The minimum absolute atomic E-state index is 0.439. The Kier molecular flexibility index (Phi) is 4.62. The van der Waals surface area contributed by atoms with Crippen LogP contribution in [0, 0.1) is 5.41 Å². The Bertz CT molecular complexity index is 512. The minimum Gasteiger partial charge on any atom is -0.486 e. The summed E-state index contributed by atoms with van der Waals surface area (Å²) in [6, 6.07) is 7.10.